The molecule has 1 fully saturated rings. The maximum Gasteiger partial charge on any atom is 0.0426 e. The lowest BCUT2D eigenvalue weighted by molar-refractivity contribution is 0.356. The van der Waals surface area contributed by atoms with E-state index < -0.39 is 0 Å². The van der Waals surface area contributed by atoms with Crippen molar-refractivity contribution >= 4 is 17.3 Å². The van der Waals surface area contributed by atoms with E-state index in [9.17, 15) is 0 Å². The Bertz CT molecular complexity index is 390. The molecule has 1 saturated heterocycles. The largest absolute Gasteiger partial charge is 0.366 e. The topological polar surface area (TPSA) is 15.3 Å². The number of nitrogens with zero attached hydrogens (tertiary/aromatic N) is 1. The normalized spacial score (nSPS) is 23.1. The summed E-state index contributed by atoms with van der Waals surface area (Å²) in [5.41, 5.74) is 1.43. The van der Waals surface area contributed by atoms with Gasteiger partial charge in [-0.25, -0.2) is 0 Å². The van der Waals surface area contributed by atoms with Crippen LogP contribution in [0.4, 0.5) is 5.69 Å². The summed E-state index contributed by atoms with van der Waals surface area (Å²) < 4.78 is 0. The first-order chi connectivity index (χ1) is 8.05. The first-order valence-corrected chi connectivity index (χ1v) is 6.61. The van der Waals surface area contributed by atoms with Gasteiger partial charge in [-0.15, -0.1) is 0 Å². The van der Waals surface area contributed by atoms with E-state index in [1.54, 1.807) is 0 Å². The Labute approximate surface area is 109 Å². The Morgan fingerprint density at radius 2 is 2.24 bits per heavy atom. The fourth-order valence-electron chi connectivity index (χ4n) is 2.85. The Morgan fingerprint density at radius 1 is 1.47 bits per heavy atom. The number of anilines is 1. The maximum absolute atomic E-state index is 6.07. The second-order valence-corrected chi connectivity index (χ2v) is 5.76. The molecule has 1 aromatic rings. The average molecular weight is 253 g/mol. The molecular weight excluding hydrogens is 232 g/mol. The molecule has 1 aromatic carbocycles. The zero-order chi connectivity index (χ0) is 12.5. The third kappa shape index (κ3) is 2.43. The standard InChI is InChI=1S/C14H21ClN2/c1-14(2)11(10-16-3)7-8-17(14)13-6-4-5-12(15)9-13/h4-6,9,11,16H,7-8,10H2,1-3H3. The van der Waals surface area contributed by atoms with Crippen molar-refractivity contribution in [3.63, 3.8) is 0 Å². The first-order valence-electron chi connectivity index (χ1n) is 6.23. The van der Waals surface area contributed by atoms with Crippen molar-refractivity contribution in [3.05, 3.63) is 29.3 Å². The van der Waals surface area contributed by atoms with Crippen molar-refractivity contribution < 1.29 is 0 Å². The minimum absolute atomic E-state index is 0.188. The Morgan fingerprint density at radius 3 is 2.88 bits per heavy atom. The summed E-state index contributed by atoms with van der Waals surface area (Å²) in [4.78, 5) is 2.47. The van der Waals surface area contributed by atoms with Gasteiger partial charge in [0.05, 0.1) is 0 Å². The van der Waals surface area contributed by atoms with Gasteiger partial charge in [-0.1, -0.05) is 17.7 Å². The highest BCUT2D eigenvalue weighted by Gasteiger charge is 2.40. The molecule has 2 rings (SSSR count). The molecule has 0 aliphatic carbocycles. The van der Waals surface area contributed by atoms with Crippen LogP contribution in [0.3, 0.4) is 0 Å². The highest BCUT2D eigenvalue weighted by atomic mass is 35.5. The van der Waals surface area contributed by atoms with Gasteiger partial charge in [-0.3, -0.25) is 0 Å². The maximum atomic E-state index is 6.07. The molecule has 2 nitrogen and oxygen atoms in total. The van der Waals surface area contributed by atoms with Crippen molar-refractivity contribution in [2.45, 2.75) is 25.8 Å². The molecular formula is C14H21ClN2. The van der Waals surface area contributed by atoms with Gasteiger partial charge in [-0.2, -0.15) is 0 Å². The minimum atomic E-state index is 0.188. The summed E-state index contributed by atoms with van der Waals surface area (Å²) in [5, 5.41) is 4.11. The Kier molecular flexibility index (Phi) is 3.64. The highest BCUT2D eigenvalue weighted by Crippen LogP contribution is 2.38. The van der Waals surface area contributed by atoms with E-state index in [0.29, 0.717) is 5.92 Å². The quantitative estimate of drug-likeness (QED) is 0.889. The van der Waals surface area contributed by atoms with Crippen LogP contribution in [0.1, 0.15) is 20.3 Å². The molecule has 0 aromatic heterocycles. The summed E-state index contributed by atoms with van der Waals surface area (Å²) >= 11 is 6.07. The van der Waals surface area contributed by atoms with Crippen molar-refractivity contribution in [2.75, 3.05) is 25.0 Å². The van der Waals surface area contributed by atoms with E-state index in [1.165, 1.54) is 12.1 Å². The number of hydrogen-bond acceptors (Lipinski definition) is 2. The summed E-state index contributed by atoms with van der Waals surface area (Å²) in [6.07, 6.45) is 1.24. The molecule has 1 N–H and O–H groups in total. The van der Waals surface area contributed by atoms with Gasteiger partial charge >= 0.3 is 0 Å². The molecule has 0 bridgehead atoms. The lowest BCUT2D eigenvalue weighted by Gasteiger charge is -2.38. The summed E-state index contributed by atoms with van der Waals surface area (Å²) in [5.74, 6) is 0.687. The van der Waals surface area contributed by atoms with E-state index in [2.05, 4.69) is 36.2 Å². The SMILES string of the molecule is CNCC1CCN(c2cccc(Cl)c2)C1(C)C. The first kappa shape index (κ1) is 12.7. The van der Waals surface area contributed by atoms with Crippen LogP contribution < -0.4 is 10.2 Å². The summed E-state index contributed by atoms with van der Waals surface area (Å²) in [7, 11) is 2.03. The van der Waals surface area contributed by atoms with Crippen LogP contribution in [0, 0.1) is 5.92 Å². The monoisotopic (exact) mass is 252 g/mol. The third-order valence-corrected chi connectivity index (χ3v) is 4.20. The van der Waals surface area contributed by atoms with Gasteiger partial charge in [0.2, 0.25) is 0 Å². The van der Waals surface area contributed by atoms with Gasteiger partial charge < -0.3 is 10.2 Å². The summed E-state index contributed by atoms with van der Waals surface area (Å²) in [6.45, 7) is 6.83. The molecule has 0 spiro atoms. The number of nitrogens with one attached hydrogen (secondary N) is 1. The molecule has 1 aliphatic rings. The van der Waals surface area contributed by atoms with Crippen molar-refractivity contribution in [3.8, 4) is 0 Å². The molecule has 1 atom stereocenters. The van der Waals surface area contributed by atoms with Gasteiger partial charge in [0.1, 0.15) is 0 Å². The zero-order valence-corrected chi connectivity index (χ0v) is 11.6. The lowest BCUT2D eigenvalue weighted by atomic mass is 9.88. The van der Waals surface area contributed by atoms with Crippen LogP contribution in [-0.4, -0.2) is 25.7 Å². The molecule has 1 unspecified atom stereocenters. The van der Waals surface area contributed by atoms with Gasteiger partial charge in [0.15, 0.2) is 0 Å². The van der Waals surface area contributed by atoms with Gasteiger partial charge in [-0.05, 0) is 58.0 Å². The molecule has 1 aliphatic heterocycles. The zero-order valence-electron chi connectivity index (χ0n) is 10.8. The highest BCUT2D eigenvalue weighted by molar-refractivity contribution is 6.30. The van der Waals surface area contributed by atoms with Crippen molar-refractivity contribution in [1.29, 1.82) is 0 Å². The fraction of sp³-hybridized carbons (Fsp3) is 0.571. The predicted octanol–water partition coefficient (Wildman–Crippen LogP) is 3.16. The van der Waals surface area contributed by atoms with E-state index in [0.717, 1.165) is 18.1 Å². The van der Waals surface area contributed by atoms with Crippen LogP contribution in [0.25, 0.3) is 0 Å². The summed E-state index contributed by atoms with van der Waals surface area (Å²) in [6, 6.07) is 8.17. The average Bonchev–Trinajstić information content (AvgIpc) is 2.55. The molecule has 0 radical (unpaired) electrons. The van der Waals surface area contributed by atoms with E-state index in [1.807, 2.05) is 19.2 Å². The Balaban J connectivity index is 2.23. The number of hydrogen-bond donors (Lipinski definition) is 1. The predicted molar refractivity (Wildman–Crippen MR) is 74.9 cm³/mol. The van der Waals surface area contributed by atoms with Crippen LogP contribution in [-0.2, 0) is 0 Å². The fourth-order valence-corrected chi connectivity index (χ4v) is 3.04. The third-order valence-electron chi connectivity index (χ3n) is 3.97. The number of benzene rings is 1. The van der Waals surface area contributed by atoms with Crippen LogP contribution in [0.2, 0.25) is 5.02 Å². The molecule has 1 heterocycles. The van der Waals surface area contributed by atoms with Crippen molar-refractivity contribution in [2.24, 2.45) is 5.92 Å². The number of rotatable bonds is 3. The van der Waals surface area contributed by atoms with Crippen LogP contribution in [0.5, 0.6) is 0 Å². The molecule has 3 heteroatoms. The van der Waals surface area contributed by atoms with Crippen LogP contribution in [0.15, 0.2) is 24.3 Å². The molecule has 0 amide bonds. The number of halogens is 1. The smallest absolute Gasteiger partial charge is 0.0426 e. The molecule has 0 saturated carbocycles. The van der Waals surface area contributed by atoms with Gasteiger partial charge in [0.25, 0.3) is 0 Å². The molecule has 17 heavy (non-hydrogen) atoms. The lowest BCUT2D eigenvalue weighted by Crippen LogP contribution is -2.45. The van der Waals surface area contributed by atoms with E-state index in [4.69, 9.17) is 11.6 Å². The Hall–Kier alpha value is -0.730. The van der Waals surface area contributed by atoms with Gasteiger partial charge in [0, 0.05) is 22.8 Å². The van der Waals surface area contributed by atoms with E-state index >= 15 is 0 Å². The molecule has 94 valence electrons. The second kappa shape index (κ2) is 4.87. The minimum Gasteiger partial charge on any atom is -0.366 e. The second-order valence-electron chi connectivity index (χ2n) is 5.33. The van der Waals surface area contributed by atoms with E-state index in [-0.39, 0.29) is 5.54 Å². The van der Waals surface area contributed by atoms with Crippen LogP contribution >= 0.6 is 11.6 Å². The van der Waals surface area contributed by atoms with Crippen molar-refractivity contribution in [1.82, 2.24) is 5.32 Å².